The van der Waals surface area contributed by atoms with Gasteiger partial charge in [0, 0.05) is 33.9 Å². The Bertz CT molecular complexity index is 563. The maximum atomic E-state index is 12.1. The molecule has 1 aromatic rings. The van der Waals surface area contributed by atoms with Gasteiger partial charge in [-0.15, -0.1) is 11.3 Å². The average Bonchev–Trinajstić information content (AvgIpc) is 2.86. The molecule has 0 spiro atoms. The molecule has 0 saturated carbocycles. The SMILES string of the molecule is O=C(O)Cc1ccc(S(=O)(=O)NCC2CSCCS2)s1. The van der Waals surface area contributed by atoms with E-state index in [1.54, 1.807) is 17.8 Å². The fourth-order valence-corrected chi connectivity index (χ4v) is 6.87. The minimum absolute atomic E-state index is 0.144. The van der Waals surface area contributed by atoms with Gasteiger partial charge in [0.2, 0.25) is 10.0 Å². The second kappa shape index (κ2) is 7.17. The van der Waals surface area contributed by atoms with Gasteiger partial charge in [0.05, 0.1) is 6.42 Å². The van der Waals surface area contributed by atoms with Gasteiger partial charge in [0.25, 0.3) is 0 Å². The van der Waals surface area contributed by atoms with Gasteiger partial charge < -0.3 is 5.11 Å². The molecule has 2 heterocycles. The van der Waals surface area contributed by atoms with Gasteiger partial charge >= 0.3 is 5.97 Å². The number of carbonyl (C=O) groups is 1. The van der Waals surface area contributed by atoms with Crippen molar-refractivity contribution >= 4 is 50.9 Å². The van der Waals surface area contributed by atoms with E-state index in [0.717, 1.165) is 28.6 Å². The summed E-state index contributed by atoms with van der Waals surface area (Å²) in [5.74, 6) is 2.18. The van der Waals surface area contributed by atoms with E-state index in [-0.39, 0.29) is 10.6 Å². The van der Waals surface area contributed by atoms with E-state index in [0.29, 0.717) is 16.7 Å². The van der Waals surface area contributed by atoms with Gasteiger partial charge in [-0.05, 0) is 12.1 Å². The Balaban J connectivity index is 1.95. The lowest BCUT2D eigenvalue weighted by Gasteiger charge is -2.20. The molecule has 0 radical (unpaired) electrons. The summed E-state index contributed by atoms with van der Waals surface area (Å²) < 4.78 is 27.0. The van der Waals surface area contributed by atoms with Crippen molar-refractivity contribution in [2.24, 2.45) is 0 Å². The summed E-state index contributed by atoms with van der Waals surface area (Å²) >= 11 is 4.64. The molecule has 0 aliphatic carbocycles. The predicted octanol–water partition coefficient (Wildman–Crippen LogP) is 1.50. The van der Waals surface area contributed by atoms with Crippen LogP contribution in [0.3, 0.4) is 0 Å². The van der Waals surface area contributed by atoms with Crippen LogP contribution in [0.1, 0.15) is 4.88 Å². The minimum Gasteiger partial charge on any atom is -0.481 e. The Kier molecular flexibility index (Phi) is 5.79. The van der Waals surface area contributed by atoms with E-state index in [2.05, 4.69) is 4.72 Å². The topological polar surface area (TPSA) is 83.5 Å². The van der Waals surface area contributed by atoms with Crippen LogP contribution in [0.4, 0.5) is 0 Å². The molecule has 112 valence electrons. The van der Waals surface area contributed by atoms with E-state index in [1.807, 2.05) is 11.8 Å². The molecule has 0 aromatic carbocycles. The monoisotopic (exact) mass is 353 g/mol. The lowest BCUT2D eigenvalue weighted by molar-refractivity contribution is -0.136. The molecule has 1 unspecified atom stereocenters. The molecule has 9 heteroatoms. The minimum atomic E-state index is -3.52. The summed E-state index contributed by atoms with van der Waals surface area (Å²) in [5, 5.41) is 9.00. The molecule has 1 aromatic heterocycles. The molecule has 1 fully saturated rings. The molecular weight excluding hydrogens is 338 g/mol. The van der Waals surface area contributed by atoms with Crippen molar-refractivity contribution in [2.75, 3.05) is 23.8 Å². The molecule has 0 bridgehead atoms. The zero-order chi connectivity index (χ0) is 14.6. The first-order chi connectivity index (χ1) is 9.47. The third kappa shape index (κ3) is 4.66. The van der Waals surface area contributed by atoms with Crippen molar-refractivity contribution in [3.8, 4) is 0 Å². The first kappa shape index (κ1) is 16.2. The summed E-state index contributed by atoms with van der Waals surface area (Å²) in [7, 11) is -3.52. The largest absolute Gasteiger partial charge is 0.481 e. The van der Waals surface area contributed by atoms with Crippen LogP contribution < -0.4 is 4.72 Å². The Morgan fingerprint density at radius 3 is 2.85 bits per heavy atom. The first-order valence-corrected chi connectivity index (χ1v) is 10.5. The number of thiophene rings is 1. The number of carboxylic acids is 1. The van der Waals surface area contributed by atoms with E-state index >= 15 is 0 Å². The van der Waals surface area contributed by atoms with Crippen LogP contribution in [0.25, 0.3) is 0 Å². The molecular formula is C11H15NO4S4. The van der Waals surface area contributed by atoms with Crippen molar-refractivity contribution in [1.82, 2.24) is 4.72 Å². The molecule has 1 aliphatic heterocycles. The molecule has 1 aliphatic rings. The van der Waals surface area contributed by atoms with Crippen molar-refractivity contribution in [1.29, 1.82) is 0 Å². The van der Waals surface area contributed by atoms with E-state index < -0.39 is 16.0 Å². The first-order valence-electron chi connectivity index (χ1n) is 5.97. The Morgan fingerprint density at radius 2 is 2.20 bits per heavy atom. The van der Waals surface area contributed by atoms with Crippen LogP contribution in [0.15, 0.2) is 16.3 Å². The maximum Gasteiger partial charge on any atom is 0.308 e. The number of hydrogen-bond acceptors (Lipinski definition) is 6. The van der Waals surface area contributed by atoms with E-state index in [1.165, 1.54) is 6.07 Å². The van der Waals surface area contributed by atoms with Gasteiger partial charge in [0.15, 0.2) is 0 Å². The molecule has 2 rings (SSSR count). The fraction of sp³-hybridized carbons (Fsp3) is 0.545. The highest BCUT2D eigenvalue weighted by Gasteiger charge is 2.21. The Morgan fingerprint density at radius 1 is 1.40 bits per heavy atom. The highest BCUT2D eigenvalue weighted by molar-refractivity contribution is 8.06. The summed E-state index contributed by atoms with van der Waals surface area (Å²) in [6.07, 6.45) is -0.144. The van der Waals surface area contributed by atoms with Crippen LogP contribution >= 0.6 is 34.9 Å². The number of thioether (sulfide) groups is 2. The van der Waals surface area contributed by atoms with Crippen LogP contribution in [0.5, 0.6) is 0 Å². The second-order valence-electron chi connectivity index (χ2n) is 4.21. The predicted molar refractivity (Wildman–Crippen MR) is 84.4 cm³/mol. The van der Waals surface area contributed by atoms with Gasteiger partial charge in [-0.1, -0.05) is 0 Å². The van der Waals surface area contributed by atoms with Crippen LogP contribution in [-0.4, -0.2) is 48.5 Å². The van der Waals surface area contributed by atoms with Crippen molar-refractivity contribution < 1.29 is 18.3 Å². The average molecular weight is 354 g/mol. The van der Waals surface area contributed by atoms with Crippen molar-refractivity contribution in [3.05, 3.63) is 17.0 Å². The number of sulfonamides is 1. The highest BCUT2D eigenvalue weighted by atomic mass is 32.2. The standard InChI is InChI=1S/C11H15NO4S4/c13-10(14)5-8-1-2-11(19-8)20(15,16)12-6-9-7-17-3-4-18-9/h1-2,9,12H,3-7H2,(H,13,14). The lowest BCUT2D eigenvalue weighted by atomic mass is 10.3. The van der Waals surface area contributed by atoms with Gasteiger partial charge in [-0.3, -0.25) is 4.79 Å². The zero-order valence-electron chi connectivity index (χ0n) is 10.6. The maximum absolute atomic E-state index is 12.1. The smallest absolute Gasteiger partial charge is 0.308 e. The van der Waals surface area contributed by atoms with Crippen molar-refractivity contribution in [2.45, 2.75) is 15.9 Å². The van der Waals surface area contributed by atoms with Gasteiger partial charge in [0.1, 0.15) is 4.21 Å². The number of nitrogens with one attached hydrogen (secondary N) is 1. The lowest BCUT2D eigenvalue weighted by Crippen LogP contribution is -2.33. The second-order valence-corrected chi connectivity index (χ2v) is 9.93. The zero-order valence-corrected chi connectivity index (χ0v) is 13.8. The Hall–Kier alpha value is -0.220. The van der Waals surface area contributed by atoms with Crippen LogP contribution in [-0.2, 0) is 21.2 Å². The number of rotatable bonds is 6. The summed E-state index contributed by atoms with van der Waals surface area (Å²) in [4.78, 5) is 11.1. The van der Waals surface area contributed by atoms with Gasteiger partial charge in [-0.2, -0.15) is 23.5 Å². The Labute approximate surface area is 130 Å². The summed E-state index contributed by atoms with van der Waals surface area (Å²) in [5.41, 5.74) is 0. The summed E-state index contributed by atoms with van der Waals surface area (Å²) in [6.45, 7) is 0.423. The number of aliphatic carboxylic acids is 1. The molecule has 2 N–H and O–H groups in total. The third-order valence-electron chi connectivity index (χ3n) is 2.61. The normalized spacial score (nSPS) is 19.9. The fourth-order valence-electron chi connectivity index (χ4n) is 1.67. The van der Waals surface area contributed by atoms with E-state index in [9.17, 15) is 13.2 Å². The van der Waals surface area contributed by atoms with E-state index in [4.69, 9.17) is 5.11 Å². The van der Waals surface area contributed by atoms with Crippen molar-refractivity contribution in [3.63, 3.8) is 0 Å². The van der Waals surface area contributed by atoms with Gasteiger partial charge in [-0.25, -0.2) is 13.1 Å². The molecule has 1 atom stereocenters. The molecule has 0 amide bonds. The number of carboxylic acid groups (broad SMARTS) is 1. The quantitative estimate of drug-likeness (QED) is 0.806. The van der Waals surface area contributed by atoms with Crippen LogP contribution in [0, 0.1) is 0 Å². The highest BCUT2D eigenvalue weighted by Crippen LogP contribution is 2.25. The summed E-state index contributed by atoms with van der Waals surface area (Å²) in [6, 6.07) is 3.02. The van der Waals surface area contributed by atoms with Crippen LogP contribution in [0.2, 0.25) is 0 Å². The third-order valence-corrected chi connectivity index (χ3v) is 8.46. The molecule has 5 nitrogen and oxygen atoms in total. The molecule has 1 saturated heterocycles. The molecule has 20 heavy (non-hydrogen) atoms. The number of hydrogen-bond donors (Lipinski definition) is 2.